The largest absolute Gasteiger partial charge is 0.398 e. The molecule has 0 bridgehead atoms. The van der Waals surface area contributed by atoms with Gasteiger partial charge in [0.05, 0.1) is 5.69 Å². The van der Waals surface area contributed by atoms with Crippen molar-refractivity contribution in [3.05, 3.63) is 22.7 Å². The molecule has 2 rings (SSSR count). The Morgan fingerprint density at radius 2 is 1.95 bits per heavy atom. The van der Waals surface area contributed by atoms with E-state index in [0.717, 1.165) is 17.3 Å². The van der Waals surface area contributed by atoms with Crippen LogP contribution < -0.4 is 5.73 Å². The number of halogens is 1. The fraction of sp³-hybridized carbons (Fsp3) is 0.571. The third-order valence-corrected chi connectivity index (χ3v) is 6.28. The lowest BCUT2D eigenvalue weighted by molar-refractivity contribution is 0.300. The highest BCUT2D eigenvalue weighted by molar-refractivity contribution is 9.10. The maximum Gasteiger partial charge on any atom is 0.244 e. The number of anilines is 1. The van der Waals surface area contributed by atoms with Crippen LogP contribution in [0.2, 0.25) is 0 Å². The second kappa shape index (κ2) is 6.45. The summed E-state index contributed by atoms with van der Waals surface area (Å²) in [4.78, 5) is 0.185. The van der Waals surface area contributed by atoms with Crippen LogP contribution in [0.3, 0.4) is 0 Å². The van der Waals surface area contributed by atoms with E-state index in [-0.39, 0.29) is 4.90 Å². The fourth-order valence-electron chi connectivity index (χ4n) is 2.73. The summed E-state index contributed by atoms with van der Waals surface area (Å²) in [7, 11) is -1.87. The number of nitrogens with zero attached hydrogens (tertiary/aromatic N) is 1. The number of nitrogens with two attached hydrogens (primary N) is 1. The first-order valence-corrected chi connectivity index (χ1v) is 9.16. The van der Waals surface area contributed by atoms with Crippen LogP contribution in [0.1, 0.15) is 32.1 Å². The van der Waals surface area contributed by atoms with Crippen molar-refractivity contribution in [2.75, 3.05) is 19.3 Å². The van der Waals surface area contributed by atoms with E-state index in [4.69, 9.17) is 5.73 Å². The van der Waals surface area contributed by atoms with E-state index in [0.29, 0.717) is 18.2 Å². The van der Waals surface area contributed by atoms with Gasteiger partial charge in [-0.25, -0.2) is 12.7 Å². The number of hydrogen-bond donors (Lipinski definition) is 1. The summed E-state index contributed by atoms with van der Waals surface area (Å²) in [5.41, 5.74) is 6.11. The highest BCUT2D eigenvalue weighted by Crippen LogP contribution is 2.29. The van der Waals surface area contributed by atoms with Crippen LogP contribution in [0.15, 0.2) is 27.6 Å². The van der Waals surface area contributed by atoms with Crippen LogP contribution in [-0.4, -0.2) is 26.3 Å². The molecule has 1 saturated carbocycles. The lowest BCUT2D eigenvalue weighted by Gasteiger charge is -2.27. The quantitative estimate of drug-likeness (QED) is 0.838. The minimum atomic E-state index is -3.51. The summed E-state index contributed by atoms with van der Waals surface area (Å²) in [6.45, 7) is 0.578. The second-order valence-corrected chi connectivity index (χ2v) is 8.40. The summed E-state index contributed by atoms with van der Waals surface area (Å²) in [5, 5.41) is 0. The smallest absolute Gasteiger partial charge is 0.244 e. The molecule has 1 aromatic carbocycles. The zero-order valence-corrected chi connectivity index (χ0v) is 14.1. The van der Waals surface area contributed by atoms with Crippen molar-refractivity contribution in [2.24, 2.45) is 5.92 Å². The van der Waals surface area contributed by atoms with Gasteiger partial charge < -0.3 is 5.73 Å². The molecule has 0 aliphatic heterocycles. The van der Waals surface area contributed by atoms with Crippen LogP contribution in [0, 0.1) is 5.92 Å². The van der Waals surface area contributed by atoms with Crippen molar-refractivity contribution in [2.45, 2.75) is 37.0 Å². The molecule has 0 amide bonds. The molecule has 20 heavy (non-hydrogen) atoms. The van der Waals surface area contributed by atoms with Gasteiger partial charge >= 0.3 is 0 Å². The Labute approximate surface area is 129 Å². The van der Waals surface area contributed by atoms with Crippen LogP contribution in [0.4, 0.5) is 5.69 Å². The van der Waals surface area contributed by atoms with Gasteiger partial charge in [0, 0.05) is 18.1 Å². The number of sulfonamides is 1. The van der Waals surface area contributed by atoms with E-state index >= 15 is 0 Å². The number of nitrogen functional groups attached to an aromatic ring is 1. The second-order valence-electron chi connectivity index (χ2n) is 5.47. The molecule has 6 heteroatoms. The minimum absolute atomic E-state index is 0.185. The number of benzene rings is 1. The summed E-state index contributed by atoms with van der Waals surface area (Å²) >= 11 is 3.30. The third kappa shape index (κ3) is 3.54. The molecular formula is C14H21BrN2O2S. The maximum atomic E-state index is 12.6. The van der Waals surface area contributed by atoms with E-state index in [9.17, 15) is 8.42 Å². The van der Waals surface area contributed by atoms with Gasteiger partial charge in [-0.05, 0) is 37.0 Å². The molecule has 1 fully saturated rings. The van der Waals surface area contributed by atoms with E-state index in [1.807, 2.05) is 0 Å². The summed E-state index contributed by atoms with van der Waals surface area (Å²) in [6.07, 6.45) is 5.92. The van der Waals surface area contributed by atoms with Crippen molar-refractivity contribution in [1.82, 2.24) is 4.31 Å². The Balaban J connectivity index is 2.18. The lowest BCUT2D eigenvalue weighted by Crippen LogP contribution is -2.33. The highest BCUT2D eigenvalue weighted by Gasteiger charge is 2.26. The average molecular weight is 361 g/mol. The van der Waals surface area contributed by atoms with Gasteiger partial charge in [-0.1, -0.05) is 35.2 Å². The van der Waals surface area contributed by atoms with Crippen molar-refractivity contribution < 1.29 is 8.42 Å². The van der Waals surface area contributed by atoms with Gasteiger partial charge in [0.1, 0.15) is 4.90 Å². The molecule has 0 heterocycles. The minimum Gasteiger partial charge on any atom is -0.398 e. The summed E-state index contributed by atoms with van der Waals surface area (Å²) in [6, 6.07) is 4.93. The molecule has 2 N–H and O–H groups in total. The molecule has 1 aromatic rings. The van der Waals surface area contributed by atoms with Crippen LogP contribution >= 0.6 is 15.9 Å². The van der Waals surface area contributed by atoms with E-state index in [1.54, 1.807) is 25.2 Å². The van der Waals surface area contributed by atoms with Crippen LogP contribution in [0.25, 0.3) is 0 Å². The van der Waals surface area contributed by atoms with Gasteiger partial charge in [0.15, 0.2) is 0 Å². The van der Waals surface area contributed by atoms with E-state index < -0.39 is 10.0 Å². The molecule has 0 atom stereocenters. The molecule has 0 spiro atoms. The average Bonchev–Trinajstić information content (AvgIpc) is 2.42. The normalized spacial score (nSPS) is 17.6. The monoisotopic (exact) mass is 360 g/mol. The van der Waals surface area contributed by atoms with Crippen molar-refractivity contribution in [3.8, 4) is 0 Å². The molecule has 0 saturated heterocycles. The standard InChI is InChI=1S/C14H21BrN2O2S/c1-17(10-11-5-3-2-4-6-11)20(18,19)14-9-12(15)7-8-13(14)16/h7-9,11H,2-6,10,16H2,1H3. The molecule has 4 nitrogen and oxygen atoms in total. The molecule has 0 radical (unpaired) electrons. The molecule has 0 unspecified atom stereocenters. The zero-order valence-electron chi connectivity index (χ0n) is 11.7. The molecule has 0 aromatic heterocycles. The van der Waals surface area contributed by atoms with Crippen LogP contribution in [0.5, 0.6) is 0 Å². The molecule has 112 valence electrons. The SMILES string of the molecule is CN(CC1CCCCC1)S(=O)(=O)c1cc(Br)ccc1N. The van der Waals surface area contributed by atoms with Gasteiger partial charge in [0.2, 0.25) is 10.0 Å². The van der Waals surface area contributed by atoms with Crippen molar-refractivity contribution in [1.29, 1.82) is 0 Å². The van der Waals surface area contributed by atoms with Gasteiger partial charge in [0.25, 0.3) is 0 Å². The highest BCUT2D eigenvalue weighted by atomic mass is 79.9. The molecule has 1 aliphatic carbocycles. The Kier molecular flexibility index (Phi) is 5.09. The zero-order chi connectivity index (χ0) is 14.8. The Morgan fingerprint density at radius 1 is 1.30 bits per heavy atom. The molecule has 1 aliphatic rings. The van der Waals surface area contributed by atoms with Crippen molar-refractivity contribution in [3.63, 3.8) is 0 Å². The topological polar surface area (TPSA) is 63.4 Å². The summed E-state index contributed by atoms with van der Waals surface area (Å²) < 4.78 is 27.4. The van der Waals surface area contributed by atoms with Gasteiger partial charge in [-0.2, -0.15) is 0 Å². The van der Waals surface area contributed by atoms with Crippen molar-refractivity contribution >= 4 is 31.6 Å². The number of rotatable bonds is 4. The predicted octanol–water partition coefficient (Wildman–Crippen LogP) is 3.23. The van der Waals surface area contributed by atoms with Gasteiger partial charge in [-0.3, -0.25) is 0 Å². The Morgan fingerprint density at radius 3 is 2.60 bits per heavy atom. The third-order valence-electron chi connectivity index (χ3n) is 3.90. The maximum absolute atomic E-state index is 12.6. The Hall–Kier alpha value is -0.590. The first-order valence-electron chi connectivity index (χ1n) is 6.92. The lowest BCUT2D eigenvalue weighted by atomic mass is 9.89. The Bertz CT molecular complexity index is 569. The van der Waals surface area contributed by atoms with Crippen LogP contribution in [-0.2, 0) is 10.0 Å². The molecular weight excluding hydrogens is 340 g/mol. The fourth-order valence-corrected chi connectivity index (χ4v) is 4.63. The predicted molar refractivity (Wildman–Crippen MR) is 84.9 cm³/mol. The summed E-state index contributed by atoms with van der Waals surface area (Å²) in [5.74, 6) is 0.469. The first-order chi connectivity index (χ1) is 9.41. The van der Waals surface area contributed by atoms with E-state index in [1.165, 1.54) is 23.6 Å². The van der Waals surface area contributed by atoms with E-state index in [2.05, 4.69) is 15.9 Å². The number of hydrogen-bond acceptors (Lipinski definition) is 3. The van der Waals surface area contributed by atoms with Gasteiger partial charge in [-0.15, -0.1) is 0 Å². The first kappa shape index (κ1) is 15.8.